The number of ether oxygens (including phenoxy) is 1. The first-order valence-corrected chi connectivity index (χ1v) is 11.6. The van der Waals surface area contributed by atoms with Crippen molar-refractivity contribution in [3.8, 4) is 0 Å². The lowest BCUT2D eigenvalue weighted by Crippen LogP contribution is -2.53. The molecule has 0 saturated carbocycles. The van der Waals surface area contributed by atoms with Crippen LogP contribution in [0.5, 0.6) is 0 Å². The highest BCUT2D eigenvalue weighted by molar-refractivity contribution is 7.09. The molecule has 8 heteroatoms. The van der Waals surface area contributed by atoms with Crippen molar-refractivity contribution >= 4 is 23.2 Å². The fourth-order valence-electron chi connectivity index (χ4n) is 5.01. The lowest BCUT2D eigenvalue weighted by Gasteiger charge is -2.37. The van der Waals surface area contributed by atoms with Crippen LogP contribution in [-0.2, 0) is 20.9 Å². The van der Waals surface area contributed by atoms with E-state index in [1.807, 2.05) is 17.5 Å². The van der Waals surface area contributed by atoms with Gasteiger partial charge in [0.2, 0.25) is 11.8 Å². The lowest BCUT2D eigenvalue weighted by molar-refractivity contribution is -0.127. The maximum Gasteiger partial charge on any atom is 0.239 e. The Hall–Kier alpha value is -1.48. The minimum Gasteiger partial charge on any atom is -0.381 e. The van der Waals surface area contributed by atoms with Crippen LogP contribution >= 0.6 is 11.3 Å². The number of hydrogen-bond acceptors (Lipinski definition) is 6. The first kappa shape index (κ1) is 20.8. The number of carbonyl (C=O) groups excluding carboxylic acids is 2. The van der Waals surface area contributed by atoms with Gasteiger partial charge in [-0.15, -0.1) is 11.3 Å². The molecule has 4 heterocycles. The summed E-state index contributed by atoms with van der Waals surface area (Å²) in [6.45, 7) is 3.75. The van der Waals surface area contributed by atoms with E-state index in [1.54, 1.807) is 11.3 Å². The van der Waals surface area contributed by atoms with Crippen LogP contribution < -0.4 is 10.6 Å². The zero-order valence-electron chi connectivity index (χ0n) is 17.1. The average Bonchev–Trinajstić information content (AvgIpc) is 3.40. The van der Waals surface area contributed by atoms with E-state index in [0.717, 1.165) is 45.4 Å². The van der Waals surface area contributed by atoms with E-state index in [-0.39, 0.29) is 29.9 Å². The highest BCUT2D eigenvalue weighted by atomic mass is 32.1. The molecule has 1 aromatic heterocycles. The Morgan fingerprint density at radius 1 is 1.34 bits per heavy atom. The van der Waals surface area contributed by atoms with Gasteiger partial charge in [0.15, 0.2) is 0 Å². The maximum atomic E-state index is 12.9. The van der Waals surface area contributed by atoms with Crippen LogP contribution in [0.25, 0.3) is 0 Å². The normalized spacial score (nSPS) is 29.3. The third-order valence-electron chi connectivity index (χ3n) is 6.69. The van der Waals surface area contributed by atoms with Gasteiger partial charge in [0.05, 0.1) is 6.54 Å². The summed E-state index contributed by atoms with van der Waals surface area (Å²) in [5, 5.41) is 8.19. The van der Waals surface area contributed by atoms with Crippen LogP contribution in [0, 0.1) is 0 Å². The number of nitrogens with one attached hydrogen (secondary N) is 2. The van der Waals surface area contributed by atoms with Crippen molar-refractivity contribution in [3.05, 3.63) is 22.4 Å². The third-order valence-corrected chi connectivity index (χ3v) is 7.57. The Bertz CT molecular complexity index is 692. The number of carbonyl (C=O) groups is 2. The fourth-order valence-corrected chi connectivity index (χ4v) is 5.65. The Kier molecular flexibility index (Phi) is 6.85. The molecule has 3 fully saturated rings. The molecule has 0 unspecified atom stereocenters. The summed E-state index contributed by atoms with van der Waals surface area (Å²) >= 11 is 1.65. The molecule has 1 aromatic rings. The van der Waals surface area contributed by atoms with E-state index < -0.39 is 0 Å². The number of fused-ring (bicyclic) bond motifs is 1. The van der Waals surface area contributed by atoms with E-state index in [4.69, 9.17) is 4.74 Å². The van der Waals surface area contributed by atoms with Gasteiger partial charge in [0, 0.05) is 55.7 Å². The Labute approximate surface area is 176 Å². The predicted molar refractivity (Wildman–Crippen MR) is 113 cm³/mol. The first-order chi connectivity index (χ1) is 14.1. The molecular formula is C21H32N4O3S. The Balaban J connectivity index is 1.32. The SMILES string of the molecule is CN1[C@@H](CCC(=O)NCc2cccs2)CNC(=O)[C@@H]2[C@@H]1CCN2C1CCOCC1. The average molecular weight is 421 g/mol. The minimum absolute atomic E-state index is 0.0779. The molecule has 0 aliphatic carbocycles. The summed E-state index contributed by atoms with van der Waals surface area (Å²) < 4.78 is 5.51. The van der Waals surface area contributed by atoms with Crippen molar-refractivity contribution in [2.75, 3.05) is 33.4 Å². The largest absolute Gasteiger partial charge is 0.381 e. The van der Waals surface area contributed by atoms with Gasteiger partial charge in [0.1, 0.15) is 6.04 Å². The molecule has 4 rings (SSSR count). The molecule has 3 aliphatic rings. The minimum atomic E-state index is -0.0826. The van der Waals surface area contributed by atoms with Crippen molar-refractivity contribution in [3.63, 3.8) is 0 Å². The van der Waals surface area contributed by atoms with Crippen molar-refractivity contribution in [1.29, 1.82) is 0 Å². The molecule has 160 valence electrons. The second-order valence-corrected chi connectivity index (χ2v) is 9.37. The summed E-state index contributed by atoms with van der Waals surface area (Å²) in [6.07, 6.45) is 4.26. The highest BCUT2D eigenvalue weighted by Gasteiger charge is 2.47. The van der Waals surface area contributed by atoms with Crippen LogP contribution in [0.3, 0.4) is 0 Å². The van der Waals surface area contributed by atoms with Crippen LogP contribution in [0.4, 0.5) is 0 Å². The first-order valence-electron chi connectivity index (χ1n) is 10.8. The third kappa shape index (κ3) is 4.82. The van der Waals surface area contributed by atoms with Crippen LogP contribution in [0.1, 0.15) is 37.0 Å². The number of rotatable bonds is 6. The fraction of sp³-hybridized carbons (Fsp3) is 0.714. The van der Waals surface area contributed by atoms with E-state index in [2.05, 4.69) is 27.5 Å². The lowest BCUT2D eigenvalue weighted by atomic mass is 10.0. The number of amides is 2. The smallest absolute Gasteiger partial charge is 0.239 e. The number of likely N-dealkylation sites (N-methyl/N-ethyl adjacent to an activating group) is 1. The van der Waals surface area contributed by atoms with E-state index in [1.165, 1.54) is 4.88 Å². The molecular weight excluding hydrogens is 388 g/mol. The molecule has 2 N–H and O–H groups in total. The molecule has 0 aromatic carbocycles. The topological polar surface area (TPSA) is 73.9 Å². The summed E-state index contributed by atoms with van der Waals surface area (Å²) in [5.41, 5.74) is 0. The van der Waals surface area contributed by atoms with Crippen LogP contribution in [0.15, 0.2) is 17.5 Å². The van der Waals surface area contributed by atoms with Gasteiger partial charge < -0.3 is 15.4 Å². The molecule has 0 spiro atoms. The number of thiophene rings is 1. The molecule has 3 saturated heterocycles. The van der Waals surface area contributed by atoms with Gasteiger partial charge in [-0.1, -0.05) is 6.07 Å². The highest BCUT2D eigenvalue weighted by Crippen LogP contribution is 2.31. The maximum absolute atomic E-state index is 12.9. The van der Waals surface area contributed by atoms with Gasteiger partial charge in [-0.25, -0.2) is 0 Å². The summed E-state index contributed by atoms with van der Waals surface area (Å²) in [6, 6.07) is 4.80. The number of hydrogen-bond donors (Lipinski definition) is 2. The quantitative estimate of drug-likeness (QED) is 0.723. The Morgan fingerprint density at radius 3 is 2.93 bits per heavy atom. The summed E-state index contributed by atoms with van der Waals surface area (Å²) in [7, 11) is 2.12. The zero-order valence-corrected chi connectivity index (χ0v) is 18.0. The Morgan fingerprint density at radius 2 is 2.17 bits per heavy atom. The molecule has 0 radical (unpaired) electrons. The number of likely N-dealkylation sites (tertiary alicyclic amines) is 1. The van der Waals surface area contributed by atoms with Gasteiger partial charge in [-0.3, -0.25) is 19.4 Å². The van der Waals surface area contributed by atoms with Crippen molar-refractivity contribution in [2.45, 2.75) is 62.8 Å². The summed E-state index contributed by atoms with van der Waals surface area (Å²) in [4.78, 5) is 31.1. The van der Waals surface area contributed by atoms with E-state index >= 15 is 0 Å². The zero-order chi connectivity index (χ0) is 20.2. The summed E-state index contributed by atoms with van der Waals surface area (Å²) in [5.74, 6) is 0.227. The van der Waals surface area contributed by atoms with E-state index in [9.17, 15) is 9.59 Å². The van der Waals surface area contributed by atoms with E-state index in [0.29, 0.717) is 25.6 Å². The van der Waals surface area contributed by atoms with Crippen molar-refractivity contribution in [1.82, 2.24) is 20.4 Å². The predicted octanol–water partition coefficient (Wildman–Crippen LogP) is 1.20. The molecule has 2 amide bonds. The van der Waals surface area contributed by atoms with Crippen LogP contribution in [0.2, 0.25) is 0 Å². The molecule has 3 aliphatic heterocycles. The van der Waals surface area contributed by atoms with Gasteiger partial charge in [0.25, 0.3) is 0 Å². The molecule has 0 bridgehead atoms. The van der Waals surface area contributed by atoms with Gasteiger partial charge in [-0.2, -0.15) is 0 Å². The van der Waals surface area contributed by atoms with Crippen LogP contribution in [-0.4, -0.2) is 79.1 Å². The molecule has 7 nitrogen and oxygen atoms in total. The standard InChI is InChI=1S/C21H32N4O3S/c1-24-16(4-5-19(26)22-14-17-3-2-12-29-17)13-23-21(27)20-18(24)6-9-25(20)15-7-10-28-11-8-15/h2-3,12,15-16,18,20H,4-11,13-14H2,1H3,(H,22,26)(H,23,27)/t16-,18-,20-/m0/s1. The van der Waals surface area contributed by atoms with Gasteiger partial charge in [-0.05, 0) is 44.2 Å². The monoisotopic (exact) mass is 420 g/mol. The second kappa shape index (κ2) is 9.55. The van der Waals surface area contributed by atoms with Crippen molar-refractivity contribution < 1.29 is 14.3 Å². The molecule has 3 atom stereocenters. The molecule has 29 heavy (non-hydrogen) atoms. The van der Waals surface area contributed by atoms with Crippen molar-refractivity contribution in [2.24, 2.45) is 0 Å². The van der Waals surface area contributed by atoms with Gasteiger partial charge >= 0.3 is 0 Å². The second-order valence-electron chi connectivity index (χ2n) is 8.34. The number of nitrogens with zero attached hydrogens (tertiary/aromatic N) is 2.